The number of thiophene rings is 1. The molecule has 3 aromatic rings. The highest BCUT2D eigenvalue weighted by Gasteiger charge is 2.34. The zero-order valence-electron chi connectivity index (χ0n) is 19.7. The molecule has 7 nitrogen and oxygen atoms in total. The van der Waals surface area contributed by atoms with E-state index in [0.717, 1.165) is 30.6 Å². The Bertz CT molecular complexity index is 1110. The number of methoxy groups -OCH3 is 1. The third-order valence-corrected chi connectivity index (χ3v) is 8.87. The highest BCUT2D eigenvalue weighted by Crippen LogP contribution is 2.35. The number of nitrogens with zero attached hydrogens (tertiary/aromatic N) is 2. The molecule has 9 heteroatoms. The number of aromatic nitrogens is 1. The van der Waals surface area contributed by atoms with Gasteiger partial charge in [-0.15, -0.1) is 23.1 Å². The molecule has 0 unspecified atom stereocenters. The summed E-state index contributed by atoms with van der Waals surface area (Å²) in [7, 11) is 1.56. The lowest BCUT2D eigenvalue weighted by Gasteiger charge is -2.39. The monoisotopic (exact) mass is 516 g/mol. The normalized spacial score (nSPS) is 20.5. The third-order valence-electron chi connectivity index (χ3n) is 6.76. The molecule has 4 rings (SSSR count). The molecule has 0 radical (unpaired) electrons. The van der Waals surface area contributed by atoms with Gasteiger partial charge in [-0.2, -0.15) is 0 Å². The summed E-state index contributed by atoms with van der Waals surface area (Å²) >= 11 is 3.56. The second-order valence-electron chi connectivity index (χ2n) is 9.02. The second kappa shape index (κ2) is 12.2. The molecule has 1 aliphatic heterocycles. The predicted octanol–water partition coefficient (Wildman–Crippen LogP) is 4.29. The van der Waals surface area contributed by atoms with E-state index >= 15 is 0 Å². The number of rotatable bonds is 11. The molecule has 4 atom stereocenters. The minimum Gasteiger partial charge on any atom is -0.495 e. The Morgan fingerprint density at radius 3 is 2.89 bits per heavy atom. The third kappa shape index (κ3) is 6.74. The van der Waals surface area contributed by atoms with Crippen LogP contribution in [-0.2, 0) is 4.79 Å². The van der Waals surface area contributed by atoms with Crippen LogP contribution in [0, 0.1) is 11.8 Å². The van der Waals surface area contributed by atoms with E-state index in [1.54, 1.807) is 30.7 Å². The largest absolute Gasteiger partial charge is 0.495 e. The van der Waals surface area contributed by atoms with Gasteiger partial charge < -0.3 is 25.0 Å². The zero-order valence-corrected chi connectivity index (χ0v) is 21.4. The molecule has 1 saturated heterocycles. The summed E-state index contributed by atoms with van der Waals surface area (Å²) in [6, 6.07) is 11.4. The maximum absolute atomic E-state index is 11.6. The van der Waals surface area contributed by atoms with Crippen LogP contribution in [0.1, 0.15) is 30.9 Å². The zero-order chi connectivity index (χ0) is 24.8. The first-order chi connectivity index (χ1) is 16.9. The van der Waals surface area contributed by atoms with Gasteiger partial charge in [0.05, 0.1) is 29.1 Å². The molecule has 188 valence electrons. The van der Waals surface area contributed by atoms with E-state index in [4.69, 9.17) is 4.74 Å². The van der Waals surface area contributed by atoms with E-state index in [1.165, 1.54) is 4.21 Å². The SMILES string of the molecule is COc1cnc2cccc([C@@H](O)[C@H](O)C[C@@H]3CCN(CCSc4cccs4)C[C@@H]3CC(=O)O)c2c1. The van der Waals surface area contributed by atoms with E-state index in [9.17, 15) is 20.1 Å². The van der Waals surface area contributed by atoms with Gasteiger partial charge in [-0.1, -0.05) is 18.2 Å². The second-order valence-corrected chi connectivity index (χ2v) is 11.4. The topological polar surface area (TPSA) is 103 Å². The number of piperidine rings is 1. The van der Waals surface area contributed by atoms with Crippen molar-refractivity contribution in [3.05, 3.63) is 53.5 Å². The van der Waals surface area contributed by atoms with Gasteiger partial charge >= 0.3 is 5.97 Å². The van der Waals surface area contributed by atoms with Gasteiger partial charge in [-0.25, -0.2) is 0 Å². The Balaban J connectivity index is 1.40. The maximum Gasteiger partial charge on any atom is 0.303 e. The first kappa shape index (κ1) is 25.9. The van der Waals surface area contributed by atoms with Crippen LogP contribution in [0.4, 0.5) is 0 Å². The summed E-state index contributed by atoms with van der Waals surface area (Å²) in [5.41, 5.74) is 1.31. The number of benzene rings is 1. The molecule has 3 N–H and O–H groups in total. The number of hydrogen-bond donors (Lipinski definition) is 3. The standard InChI is InChI=1S/C26H32N2O5S2/c1-33-19-14-21-20(4-2-5-22(21)27-15-19)26(32)23(29)12-17-7-8-28(16-18(17)13-24(30)31)9-11-35-25-6-3-10-34-25/h2-6,10,14-15,17-18,23,26,29,32H,7-9,11-13,16H2,1H3,(H,30,31)/t17-,18-,23+,26+/m0/s1. The highest BCUT2D eigenvalue weighted by atomic mass is 32.2. The van der Waals surface area contributed by atoms with Crippen molar-refractivity contribution in [2.75, 3.05) is 32.5 Å². The van der Waals surface area contributed by atoms with E-state index in [0.29, 0.717) is 29.8 Å². The van der Waals surface area contributed by atoms with Crippen LogP contribution in [0.3, 0.4) is 0 Å². The van der Waals surface area contributed by atoms with E-state index in [-0.39, 0.29) is 18.3 Å². The lowest BCUT2D eigenvalue weighted by Crippen LogP contribution is -2.43. The number of aliphatic carboxylic acids is 1. The molecule has 0 spiro atoms. The Hall–Kier alpha value is -2.17. The molecule has 3 heterocycles. The predicted molar refractivity (Wildman–Crippen MR) is 139 cm³/mol. The number of likely N-dealkylation sites (tertiary alicyclic amines) is 1. The van der Waals surface area contributed by atoms with Crippen LogP contribution >= 0.6 is 23.1 Å². The minimum absolute atomic E-state index is 0.0274. The number of thioether (sulfide) groups is 1. The molecule has 0 bridgehead atoms. The number of fused-ring (bicyclic) bond motifs is 1. The van der Waals surface area contributed by atoms with Crippen molar-refractivity contribution in [2.24, 2.45) is 11.8 Å². The minimum atomic E-state index is -1.10. The average molecular weight is 517 g/mol. The Kier molecular flexibility index (Phi) is 9.02. The highest BCUT2D eigenvalue weighted by molar-refractivity contribution is 8.01. The molecular weight excluding hydrogens is 484 g/mol. The Labute approximate surface area is 213 Å². The number of carboxylic acid groups (broad SMARTS) is 1. The van der Waals surface area contributed by atoms with Crippen LogP contribution in [-0.4, -0.2) is 69.8 Å². The quantitative estimate of drug-likeness (QED) is 0.324. The van der Waals surface area contributed by atoms with E-state index in [2.05, 4.69) is 21.3 Å². The maximum atomic E-state index is 11.6. The molecule has 2 aromatic heterocycles. The van der Waals surface area contributed by atoms with Crippen molar-refractivity contribution in [3.8, 4) is 5.75 Å². The Morgan fingerprint density at radius 2 is 2.14 bits per heavy atom. The van der Waals surface area contributed by atoms with Gasteiger partial charge in [0, 0.05) is 30.6 Å². The van der Waals surface area contributed by atoms with Crippen LogP contribution in [0.5, 0.6) is 5.75 Å². The number of carboxylic acids is 1. The summed E-state index contributed by atoms with van der Waals surface area (Å²) in [6.45, 7) is 2.46. The smallest absolute Gasteiger partial charge is 0.303 e. The van der Waals surface area contributed by atoms with Gasteiger partial charge in [0.25, 0.3) is 0 Å². The number of aliphatic hydroxyl groups is 2. The molecule has 1 aromatic carbocycles. The van der Waals surface area contributed by atoms with Crippen molar-refractivity contribution < 1.29 is 24.9 Å². The van der Waals surface area contributed by atoms with Gasteiger partial charge in [-0.3, -0.25) is 9.78 Å². The number of hydrogen-bond acceptors (Lipinski definition) is 8. The fourth-order valence-electron chi connectivity index (χ4n) is 4.91. The summed E-state index contributed by atoms with van der Waals surface area (Å²) in [4.78, 5) is 18.3. The molecular formula is C26H32N2O5S2. The summed E-state index contributed by atoms with van der Waals surface area (Å²) in [6.07, 6.45) is 0.740. The summed E-state index contributed by atoms with van der Waals surface area (Å²) in [5.74, 6) is 0.684. The number of carbonyl (C=O) groups is 1. The summed E-state index contributed by atoms with van der Waals surface area (Å²) in [5, 5.41) is 34.4. The van der Waals surface area contributed by atoms with Gasteiger partial charge in [0.1, 0.15) is 11.9 Å². The van der Waals surface area contributed by atoms with Crippen molar-refractivity contribution in [2.45, 2.75) is 35.7 Å². The summed E-state index contributed by atoms with van der Waals surface area (Å²) < 4.78 is 6.57. The molecule has 0 saturated carbocycles. The van der Waals surface area contributed by atoms with Crippen LogP contribution in [0.15, 0.2) is 52.2 Å². The lowest BCUT2D eigenvalue weighted by molar-refractivity contribution is -0.139. The molecule has 0 aliphatic carbocycles. The first-order valence-electron chi connectivity index (χ1n) is 11.8. The molecule has 1 aliphatic rings. The number of ether oxygens (including phenoxy) is 1. The molecule has 35 heavy (non-hydrogen) atoms. The fraction of sp³-hybridized carbons (Fsp3) is 0.462. The van der Waals surface area contributed by atoms with Crippen LogP contribution in [0.25, 0.3) is 10.9 Å². The van der Waals surface area contributed by atoms with Crippen LogP contribution in [0.2, 0.25) is 0 Å². The molecule has 1 fully saturated rings. The first-order valence-corrected chi connectivity index (χ1v) is 13.7. The molecule has 0 amide bonds. The lowest BCUT2D eigenvalue weighted by atomic mass is 9.78. The average Bonchev–Trinajstić information content (AvgIpc) is 3.37. The van der Waals surface area contributed by atoms with Crippen molar-refractivity contribution in [1.82, 2.24) is 9.88 Å². The van der Waals surface area contributed by atoms with Gasteiger partial charge in [0.2, 0.25) is 0 Å². The van der Waals surface area contributed by atoms with E-state index in [1.807, 2.05) is 36.0 Å². The Morgan fingerprint density at radius 1 is 1.29 bits per heavy atom. The van der Waals surface area contributed by atoms with E-state index < -0.39 is 18.2 Å². The number of pyridine rings is 1. The van der Waals surface area contributed by atoms with Crippen LogP contribution < -0.4 is 4.74 Å². The van der Waals surface area contributed by atoms with Gasteiger partial charge in [0.15, 0.2) is 0 Å². The van der Waals surface area contributed by atoms with Gasteiger partial charge in [-0.05, 0) is 60.4 Å². The van der Waals surface area contributed by atoms with Crippen molar-refractivity contribution >= 4 is 40.0 Å². The van der Waals surface area contributed by atoms with Crippen molar-refractivity contribution in [3.63, 3.8) is 0 Å². The van der Waals surface area contributed by atoms with Crippen molar-refractivity contribution in [1.29, 1.82) is 0 Å². The number of aliphatic hydroxyl groups excluding tert-OH is 2. The fourth-order valence-corrected chi connectivity index (χ4v) is 6.78.